The highest BCUT2D eigenvalue weighted by molar-refractivity contribution is 6.07. The number of allylic oxidation sites excluding steroid dienone is 2. The lowest BCUT2D eigenvalue weighted by Gasteiger charge is -2.47. The highest BCUT2D eigenvalue weighted by atomic mass is 16.5. The number of carbonyl (C=O) groups is 3. The Kier molecular flexibility index (Phi) is 5.20. The van der Waals surface area contributed by atoms with Gasteiger partial charge in [0.2, 0.25) is 0 Å². The van der Waals surface area contributed by atoms with Gasteiger partial charge in [-0.25, -0.2) is 4.79 Å². The summed E-state index contributed by atoms with van der Waals surface area (Å²) in [5, 5.41) is 10.4. The number of carbonyl (C=O) groups excluding carboxylic acids is 2. The van der Waals surface area contributed by atoms with E-state index in [0.29, 0.717) is 53.2 Å². The molecule has 2 aliphatic heterocycles. The molecule has 0 radical (unpaired) electrons. The number of Topliss-reactive ketones (excluding diaryl/α,β-unsaturated/α-hetero) is 1. The third-order valence-corrected chi connectivity index (χ3v) is 8.02. The number of methoxy groups -OCH3 is 1. The van der Waals surface area contributed by atoms with Crippen molar-refractivity contribution in [1.82, 2.24) is 4.90 Å². The Morgan fingerprint density at radius 1 is 1.06 bits per heavy atom. The van der Waals surface area contributed by atoms with E-state index in [1.54, 1.807) is 18.0 Å². The van der Waals surface area contributed by atoms with E-state index in [2.05, 4.69) is 0 Å². The van der Waals surface area contributed by atoms with E-state index in [1.165, 1.54) is 7.11 Å². The molecule has 0 spiro atoms. The molecular weight excluding hydrogens is 446 g/mol. The molecule has 1 atom stereocenters. The Labute approximate surface area is 205 Å². The number of nitrogens with zero attached hydrogens (tertiary/aromatic N) is 1. The Morgan fingerprint density at radius 3 is 2.31 bits per heavy atom. The van der Waals surface area contributed by atoms with Crippen LogP contribution in [0, 0.1) is 5.41 Å². The number of carboxylic acids is 1. The van der Waals surface area contributed by atoms with Gasteiger partial charge in [0.15, 0.2) is 5.78 Å². The van der Waals surface area contributed by atoms with E-state index in [-0.39, 0.29) is 28.6 Å². The number of hydrogen-bond donors (Lipinski definition) is 1. The van der Waals surface area contributed by atoms with Crippen molar-refractivity contribution in [3.63, 3.8) is 0 Å². The van der Waals surface area contributed by atoms with Crippen LogP contribution in [0.1, 0.15) is 93.1 Å². The van der Waals surface area contributed by atoms with Crippen LogP contribution in [0.3, 0.4) is 0 Å². The molecule has 2 heterocycles. The van der Waals surface area contributed by atoms with Crippen LogP contribution < -0.4 is 4.74 Å². The maximum Gasteiger partial charge on any atom is 0.336 e. The van der Waals surface area contributed by atoms with Crippen molar-refractivity contribution in [2.75, 3.05) is 14.2 Å². The van der Waals surface area contributed by atoms with E-state index >= 15 is 0 Å². The average molecular weight is 480 g/mol. The van der Waals surface area contributed by atoms with Crippen LogP contribution in [0.25, 0.3) is 0 Å². The van der Waals surface area contributed by atoms with Crippen LogP contribution in [0.2, 0.25) is 0 Å². The van der Waals surface area contributed by atoms with Crippen molar-refractivity contribution < 1.29 is 29.0 Å². The zero-order valence-electron chi connectivity index (χ0n) is 21.3. The molecule has 1 aromatic rings. The van der Waals surface area contributed by atoms with E-state index in [9.17, 15) is 19.5 Å². The number of amides is 1. The smallest absolute Gasteiger partial charge is 0.336 e. The number of ether oxygens (including phenoxy) is 2. The number of likely N-dealkylation sites (N-methyl/N-ethyl adjacent to an activating group) is 1. The summed E-state index contributed by atoms with van der Waals surface area (Å²) in [6.07, 6.45) is 3.16. The zero-order chi connectivity index (χ0) is 25.4. The zero-order valence-corrected chi connectivity index (χ0v) is 21.3. The van der Waals surface area contributed by atoms with Crippen LogP contribution in [0.4, 0.5) is 0 Å². The molecule has 5 rings (SSSR count). The Morgan fingerprint density at radius 2 is 1.71 bits per heavy atom. The van der Waals surface area contributed by atoms with Gasteiger partial charge in [-0.05, 0) is 49.7 Å². The maximum absolute atomic E-state index is 13.8. The SMILES string of the molecule is COc1ccc(C2CC2)c(C(=O)O)c1[C@H]1C2=C(CC(C)(C)CC2=O)OC2=C1C(=O)N(C)C(C)(C)C2. The summed E-state index contributed by atoms with van der Waals surface area (Å²) >= 11 is 0. The lowest BCUT2D eigenvalue weighted by atomic mass is 9.67. The summed E-state index contributed by atoms with van der Waals surface area (Å²) in [6.45, 7) is 8.00. The Balaban J connectivity index is 1.84. The quantitative estimate of drug-likeness (QED) is 0.659. The molecule has 4 aliphatic rings. The van der Waals surface area contributed by atoms with Crippen LogP contribution in [0.5, 0.6) is 5.75 Å². The van der Waals surface area contributed by atoms with Crippen LogP contribution in [-0.4, -0.2) is 47.4 Å². The van der Waals surface area contributed by atoms with Crippen LogP contribution in [-0.2, 0) is 14.3 Å². The first-order chi connectivity index (χ1) is 16.4. The van der Waals surface area contributed by atoms with Gasteiger partial charge in [0.05, 0.1) is 24.2 Å². The second-order valence-electron chi connectivity index (χ2n) is 11.7. The lowest BCUT2D eigenvalue weighted by molar-refractivity contribution is -0.133. The largest absolute Gasteiger partial charge is 0.496 e. The van der Waals surface area contributed by atoms with Crippen molar-refractivity contribution in [2.45, 2.75) is 77.2 Å². The summed E-state index contributed by atoms with van der Waals surface area (Å²) in [5.41, 5.74) is 1.26. The summed E-state index contributed by atoms with van der Waals surface area (Å²) in [7, 11) is 3.24. The minimum atomic E-state index is -1.07. The molecule has 1 aromatic carbocycles. The fourth-order valence-corrected chi connectivity index (χ4v) is 5.88. The number of rotatable bonds is 4. The van der Waals surface area contributed by atoms with Crippen LogP contribution in [0.15, 0.2) is 34.8 Å². The molecule has 0 unspecified atom stereocenters. The highest BCUT2D eigenvalue weighted by Gasteiger charge is 2.51. The molecule has 1 fully saturated rings. The standard InChI is InChI=1S/C28H33NO6/c1-27(2)11-16(30)21-18(12-27)35-19-13-28(3,4)29(5)25(31)23(19)24(21)22-17(34-6)10-9-15(14-7-8-14)20(22)26(32)33/h9-10,14,24H,7-8,11-13H2,1-6H3,(H,32,33)/t24-/m1/s1. The summed E-state index contributed by atoms with van der Waals surface area (Å²) in [4.78, 5) is 41.9. The lowest BCUT2D eigenvalue weighted by Crippen LogP contribution is -2.51. The second-order valence-corrected chi connectivity index (χ2v) is 11.7. The molecule has 7 heteroatoms. The first-order valence-corrected chi connectivity index (χ1v) is 12.3. The third-order valence-electron chi connectivity index (χ3n) is 8.02. The van der Waals surface area contributed by atoms with Crippen molar-refractivity contribution in [3.8, 4) is 5.75 Å². The molecule has 7 nitrogen and oxygen atoms in total. The van der Waals surface area contributed by atoms with Gasteiger partial charge in [0.1, 0.15) is 17.3 Å². The summed E-state index contributed by atoms with van der Waals surface area (Å²) in [5.74, 6) is -0.655. The molecule has 35 heavy (non-hydrogen) atoms. The highest BCUT2D eigenvalue weighted by Crippen LogP contribution is 2.55. The molecule has 1 amide bonds. The number of aromatic carboxylic acids is 1. The molecule has 0 aromatic heterocycles. The van der Waals surface area contributed by atoms with Gasteiger partial charge < -0.3 is 19.5 Å². The fourth-order valence-electron chi connectivity index (χ4n) is 5.88. The van der Waals surface area contributed by atoms with Gasteiger partial charge in [-0.3, -0.25) is 9.59 Å². The predicted molar refractivity (Wildman–Crippen MR) is 129 cm³/mol. The van der Waals surface area contributed by atoms with Crippen molar-refractivity contribution in [1.29, 1.82) is 0 Å². The van der Waals surface area contributed by atoms with Crippen molar-refractivity contribution in [2.24, 2.45) is 5.41 Å². The minimum Gasteiger partial charge on any atom is -0.496 e. The van der Waals surface area contributed by atoms with E-state index < -0.39 is 17.4 Å². The van der Waals surface area contributed by atoms with Gasteiger partial charge in [-0.15, -0.1) is 0 Å². The van der Waals surface area contributed by atoms with Crippen molar-refractivity contribution >= 4 is 17.7 Å². The average Bonchev–Trinajstić information content (AvgIpc) is 3.59. The first kappa shape index (κ1) is 23.6. The van der Waals surface area contributed by atoms with Crippen molar-refractivity contribution in [3.05, 3.63) is 51.5 Å². The Bertz CT molecular complexity index is 1230. The Hall–Kier alpha value is -3.09. The van der Waals surface area contributed by atoms with Crippen LogP contribution >= 0.6 is 0 Å². The number of benzene rings is 1. The monoisotopic (exact) mass is 479 g/mol. The number of carboxylic acid groups (broad SMARTS) is 1. The molecule has 1 N–H and O–H groups in total. The number of ketones is 1. The number of hydrogen-bond acceptors (Lipinski definition) is 5. The van der Waals surface area contributed by atoms with Gasteiger partial charge in [0, 0.05) is 43.0 Å². The van der Waals surface area contributed by atoms with E-state index in [0.717, 1.165) is 18.4 Å². The van der Waals surface area contributed by atoms with Gasteiger partial charge in [0.25, 0.3) is 5.91 Å². The summed E-state index contributed by atoms with van der Waals surface area (Å²) in [6, 6.07) is 3.60. The normalized spacial score (nSPS) is 25.2. The molecule has 0 bridgehead atoms. The second kappa shape index (κ2) is 7.70. The molecule has 186 valence electrons. The molecule has 2 aliphatic carbocycles. The van der Waals surface area contributed by atoms with E-state index in [4.69, 9.17) is 9.47 Å². The van der Waals surface area contributed by atoms with Gasteiger partial charge in [-0.2, -0.15) is 0 Å². The topological polar surface area (TPSA) is 93.1 Å². The predicted octanol–water partition coefficient (Wildman–Crippen LogP) is 4.92. The fraction of sp³-hybridized carbons (Fsp3) is 0.536. The van der Waals surface area contributed by atoms with E-state index in [1.807, 2.05) is 33.8 Å². The van der Waals surface area contributed by atoms with Gasteiger partial charge >= 0.3 is 5.97 Å². The maximum atomic E-state index is 13.8. The third kappa shape index (κ3) is 3.67. The minimum absolute atomic E-state index is 0.108. The molecule has 1 saturated carbocycles. The first-order valence-electron chi connectivity index (χ1n) is 12.3. The molecular formula is C28H33NO6. The molecule has 0 saturated heterocycles. The summed E-state index contributed by atoms with van der Waals surface area (Å²) < 4.78 is 12.1. The van der Waals surface area contributed by atoms with Gasteiger partial charge in [-0.1, -0.05) is 19.9 Å².